The van der Waals surface area contributed by atoms with Crippen molar-refractivity contribution < 1.29 is 26.7 Å². The molecule has 0 saturated carbocycles. The van der Waals surface area contributed by atoms with Gasteiger partial charge in [-0.3, -0.25) is 9.79 Å². The van der Waals surface area contributed by atoms with E-state index in [4.69, 9.17) is 11.5 Å². The molecule has 34 heavy (non-hydrogen) atoms. The number of anilines is 1. The third-order valence-corrected chi connectivity index (χ3v) is 5.62. The monoisotopic (exact) mass is 503 g/mol. The summed E-state index contributed by atoms with van der Waals surface area (Å²) in [6.07, 6.45) is -3.18. The summed E-state index contributed by atoms with van der Waals surface area (Å²) in [7, 11) is 0. The van der Waals surface area contributed by atoms with E-state index < -0.39 is 42.2 Å². The number of nitrogen functional groups attached to an aromatic ring is 1. The average molecular weight is 504 g/mol. The fraction of sp³-hybridized carbons (Fsp3) is 0.350. The largest absolute Gasteiger partial charge is 0.403 e. The molecule has 1 unspecified atom stereocenters. The van der Waals surface area contributed by atoms with Crippen molar-refractivity contribution in [3.63, 3.8) is 0 Å². The fourth-order valence-corrected chi connectivity index (χ4v) is 4.11. The summed E-state index contributed by atoms with van der Waals surface area (Å²) >= 11 is 0.690. The van der Waals surface area contributed by atoms with E-state index in [0.29, 0.717) is 17.9 Å². The first-order valence-corrected chi connectivity index (χ1v) is 10.9. The van der Waals surface area contributed by atoms with Crippen molar-refractivity contribution in [1.82, 2.24) is 20.5 Å². The number of rotatable bonds is 6. The third-order valence-electron chi connectivity index (χ3n) is 4.72. The Balaban J connectivity index is 1.89. The van der Waals surface area contributed by atoms with Crippen LogP contribution in [0.4, 0.5) is 27.0 Å². The number of amides is 1. The van der Waals surface area contributed by atoms with Gasteiger partial charge in [-0.2, -0.15) is 0 Å². The molecule has 1 aliphatic rings. The Labute approximate surface area is 195 Å². The van der Waals surface area contributed by atoms with Gasteiger partial charge in [0, 0.05) is 25.8 Å². The Morgan fingerprint density at radius 2 is 2.09 bits per heavy atom. The maximum atomic E-state index is 14.1. The molecule has 1 aromatic heterocycles. The Morgan fingerprint density at radius 1 is 1.38 bits per heavy atom. The predicted octanol–water partition coefficient (Wildman–Crippen LogP) is 2.11. The van der Waals surface area contributed by atoms with Crippen LogP contribution < -0.4 is 22.1 Å². The molecule has 1 aliphatic heterocycles. The maximum absolute atomic E-state index is 14.1. The zero-order valence-corrected chi connectivity index (χ0v) is 18.5. The Morgan fingerprint density at radius 3 is 2.74 bits per heavy atom. The number of alkyl halides is 3. The Kier molecular flexibility index (Phi) is 8.39. The molecular formula is C20H22F5N7OS. The summed E-state index contributed by atoms with van der Waals surface area (Å²) in [6.45, 7) is -0.448. The first kappa shape index (κ1) is 25.4. The lowest BCUT2D eigenvalue weighted by molar-refractivity contribution is 0.0964. The molecule has 0 aliphatic carbocycles. The van der Waals surface area contributed by atoms with Gasteiger partial charge in [0.1, 0.15) is 40.2 Å². The van der Waals surface area contributed by atoms with Gasteiger partial charge >= 0.3 is 0 Å². The number of benzene rings is 1. The summed E-state index contributed by atoms with van der Waals surface area (Å²) < 4.78 is 68.0. The highest BCUT2D eigenvalue weighted by Crippen LogP contribution is 2.33. The number of carbonyl (C=O) groups is 1. The van der Waals surface area contributed by atoms with Crippen LogP contribution in [0.15, 0.2) is 35.1 Å². The molecule has 0 radical (unpaired) electrons. The predicted molar refractivity (Wildman–Crippen MR) is 119 cm³/mol. The summed E-state index contributed by atoms with van der Waals surface area (Å²) in [4.78, 5) is 22.0. The van der Waals surface area contributed by atoms with Gasteiger partial charge in [0.05, 0.1) is 17.8 Å². The minimum atomic E-state index is -2.79. The zero-order chi connectivity index (χ0) is 24.8. The fourth-order valence-electron chi connectivity index (χ4n) is 3.23. The van der Waals surface area contributed by atoms with Crippen molar-refractivity contribution in [3.8, 4) is 10.6 Å². The van der Waals surface area contributed by atoms with E-state index in [-0.39, 0.29) is 46.9 Å². The van der Waals surface area contributed by atoms with E-state index in [1.165, 1.54) is 11.0 Å². The number of thiazole rings is 1. The number of aliphatic imine (C=N–C) groups is 1. The number of nitrogens with zero attached hydrogens (tertiary/aromatic N) is 3. The second kappa shape index (κ2) is 11.2. The number of aromatic nitrogens is 1. The zero-order valence-electron chi connectivity index (χ0n) is 17.7. The molecule has 1 amide bonds. The lowest BCUT2D eigenvalue weighted by Crippen LogP contribution is -2.42. The number of hydrogen-bond acceptors (Lipinski definition) is 7. The van der Waals surface area contributed by atoms with Crippen LogP contribution in [0.5, 0.6) is 0 Å². The van der Waals surface area contributed by atoms with Crippen LogP contribution in [0.1, 0.15) is 10.5 Å². The summed E-state index contributed by atoms with van der Waals surface area (Å²) in [5, 5.41) is 4.95. The molecule has 1 saturated heterocycles. The van der Waals surface area contributed by atoms with E-state index in [0.717, 1.165) is 18.3 Å². The van der Waals surface area contributed by atoms with Gasteiger partial charge < -0.3 is 27.0 Å². The lowest BCUT2D eigenvalue weighted by atomic mass is 10.2. The van der Waals surface area contributed by atoms with Gasteiger partial charge in [-0.1, -0.05) is 17.4 Å². The van der Waals surface area contributed by atoms with Crippen LogP contribution in [-0.2, 0) is 0 Å². The SMILES string of the molecule is N/C=C(/NC(=O)c1nc(-c2c(F)cccc2F)sc1N)C(=NCC(F)F)N1CCNCC(F)C1. The third kappa shape index (κ3) is 5.99. The quantitative estimate of drug-likeness (QED) is 0.272. The second-order valence-corrected chi connectivity index (χ2v) is 8.20. The lowest BCUT2D eigenvalue weighted by Gasteiger charge is -2.26. The second-order valence-electron chi connectivity index (χ2n) is 7.17. The molecule has 184 valence electrons. The van der Waals surface area contributed by atoms with Gasteiger partial charge in [0.2, 0.25) is 0 Å². The first-order chi connectivity index (χ1) is 16.2. The Bertz CT molecular complexity index is 1070. The van der Waals surface area contributed by atoms with Crippen molar-refractivity contribution in [1.29, 1.82) is 0 Å². The van der Waals surface area contributed by atoms with E-state index in [1.54, 1.807) is 0 Å². The first-order valence-electron chi connectivity index (χ1n) is 10.1. The van der Waals surface area contributed by atoms with Crippen molar-refractivity contribution in [3.05, 3.63) is 47.4 Å². The van der Waals surface area contributed by atoms with Gasteiger partial charge in [-0.25, -0.2) is 26.9 Å². The van der Waals surface area contributed by atoms with E-state index in [2.05, 4.69) is 20.6 Å². The number of amidine groups is 1. The molecule has 3 rings (SSSR count). The molecule has 2 aromatic rings. The molecule has 0 spiro atoms. The smallest absolute Gasteiger partial charge is 0.277 e. The standard InChI is InChI=1S/C20H22F5N7OS/c21-10-7-28-4-5-32(9-10)18(29-8-14(24)25)13(6-26)30-19(33)16-17(27)34-20(31-16)15-11(22)2-1-3-12(15)23/h1-3,6,10,14,28H,4-5,7-9,26-27H2,(H,30,33)/b13-6+,29-18?. The number of carbonyl (C=O) groups excluding carboxylic acids is 1. The van der Waals surface area contributed by atoms with Crippen molar-refractivity contribution in [2.45, 2.75) is 12.6 Å². The minimum absolute atomic E-state index is 0.0669. The van der Waals surface area contributed by atoms with Crippen molar-refractivity contribution >= 4 is 28.1 Å². The minimum Gasteiger partial charge on any atom is -0.403 e. The van der Waals surface area contributed by atoms with Crippen LogP contribution in [0.3, 0.4) is 0 Å². The summed E-state index contributed by atoms with van der Waals surface area (Å²) in [5.41, 5.74) is 10.5. The number of nitrogens with one attached hydrogen (secondary N) is 2. The van der Waals surface area contributed by atoms with Crippen LogP contribution in [0, 0.1) is 11.6 Å². The average Bonchev–Trinajstić information content (AvgIpc) is 3.02. The van der Waals surface area contributed by atoms with Crippen LogP contribution >= 0.6 is 11.3 Å². The highest BCUT2D eigenvalue weighted by molar-refractivity contribution is 7.19. The molecule has 2 heterocycles. The normalized spacial score (nSPS) is 17.7. The van der Waals surface area contributed by atoms with Crippen LogP contribution in [-0.4, -0.2) is 66.9 Å². The van der Waals surface area contributed by atoms with Gasteiger partial charge in [0.15, 0.2) is 5.69 Å². The molecular weight excluding hydrogens is 481 g/mol. The van der Waals surface area contributed by atoms with E-state index in [1.807, 2.05) is 0 Å². The molecule has 1 atom stereocenters. The van der Waals surface area contributed by atoms with Crippen LogP contribution in [0.2, 0.25) is 0 Å². The molecule has 0 bridgehead atoms. The molecule has 1 aromatic carbocycles. The van der Waals surface area contributed by atoms with E-state index in [9.17, 15) is 26.7 Å². The highest BCUT2D eigenvalue weighted by Gasteiger charge is 2.26. The Hall–Kier alpha value is -3.26. The maximum Gasteiger partial charge on any atom is 0.277 e. The van der Waals surface area contributed by atoms with Gasteiger partial charge in [0.25, 0.3) is 12.3 Å². The molecule has 14 heteroatoms. The van der Waals surface area contributed by atoms with Crippen molar-refractivity contribution in [2.24, 2.45) is 10.7 Å². The van der Waals surface area contributed by atoms with Gasteiger partial charge in [-0.15, -0.1) is 0 Å². The number of hydrogen-bond donors (Lipinski definition) is 4. The molecule has 8 nitrogen and oxygen atoms in total. The molecule has 1 fully saturated rings. The van der Waals surface area contributed by atoms with Crippen molar-refractivity contribution in [2.75, 3.05) is 38.5 Å². The van der Waals surface area contributed by atoms with E-state index >= 15 is 0 Å². The topological polar surface area (TPSA) is 122 Å². The molecule has 6 N–H and O–H groups in total. The van der Waals surface area contributed by atoms with Crippen LogP contribution in [0.25, 0.3) is 10.6 Å². The van der Waals surface area contributed by atoms with Gasteiger partial charge in [-0.05, 0) is 12.1 Å². The number of nitrogens with two attached hydrogens (primary N) is 2. The summed E-state index contributed by atoms with van der Waals surface area (Å²) in [5.74, 6) is -2.83. The summed E-state index contributed by atoms with van der Waals surface area (Å²) in [6, 6.07) is 3.24. The highest BCUT2D eigenvalue weighted by atomic mass is 32.1. The number of halogens is 5.